The van der Waals surface area contributed by atoms with Crippen LogP contribution in [0.2, 0.25) is 0 Å². The number of fused-ring (bicyclic) bond motifs is 4. The molecule has 4 rings (SSSR count). The third kappa shape index (κ3) is 3.12. The summed E-state index contributed by atoms with van der Waals surface area (Å²) in [7, 11) is 0. The summed E-state index contributed by atoms with van der Waals surface area (Å²) in [4.78, 5) is 11.0. The van der Waals surface area contributed by atoms with E-state index in [0.717, 1.165) is 43.3 Å². The van der Waals surface area contributed by atoms with Gasteiger partial charge in [-0.3, -0.25) is 4.79 Å². The molecule has 0 unspecified atom stereocenters. The van der Waals surface area contributed by atoms with E-state index in [0.29, 0.717) is 12.8 Å². The first-order valence-electron chi connectivity index (χ1n) is 11.3. The van der Waals surface area contributed by atoms with Gasteiger partial charge in [-0.1, -0.05) is 32.4 Å². The van der Waals surface area contributed by atoms with E-state index < -0.39 is 23.6 Å². The molecular weight excluding hydrogens is 368 g/mol. The molecule has 0 aromatic heterocycles. The Labute approximate surface area is 173 Å². The summed E-state index contributed by atoms with van der Waals surface area (Å²) in [6.07, 6.45) is 6.16. The van der Waals surface area contributed by atoms with Crippen LogP contribution in [0.3, 0.4) is 0 Å². The third-order valence-corrected chi connectivity index (χ3v) is 9.09. The van der Waals surface area contributed by atoms with Crippen LogP contribution in [-0.2, 0) is 4.79 Å². The molecule has 0 aromatic carbocycles. The Morgan fingerprint density at radius 1 is 1.21 bits per heavy atom. The summed E-state index contributed by atoms with van der Waals surface area (Å²) < 4.78 is 0. The summed E-state index contributed by atoms with van der Waals surface area (Å²) in [5.74, 6) is -0.123. The molecule has 0 bridgehead atoms. The van der Waals surface area contributed by atoms with Crippen molar-refractivity contribution in [3.05, 3.63) is 22.8 Å². The molecule has 0 aliphatic heterocycles. The number of aliphatic carboxylic acids is 1. The Hall–Kier alpha value is -1.17. The highest BCUT2D eigenvalue weighted by Crippen LogP contribution is 2.63. The molecule has 162 valence electrons. The quantitative estimate of drug-likeness (QED) is 0.575. The van der Waals surface area contributed by atoms with Crippen LogP contribution >= 0.6 is 0 Å². The summed E-state index contributed by atoms with van der Waals surface area (Å²) >= 11 is 0. The first-order valence-corrected chi connectivity index (χ1v) is 11.3. The van der Waals surface area contributed by atoms with E-state index in [-0.39, 0.29) is 35.7 Å². The van der Waals surface area contributed by atoms with E-state index in [1.54, 1.807) is 0 Å². The second-order valence-electron chi connectivity index (χ2n) is 10.5. The molecule has 3 saturated carbocycles. The van der Waals surface area contributed by atoms with Gasteiger partial charge in [-0.2, -0.15) is 0 Å². The Balaban J connectivity index is 1.71. The number of aliphatic hydroxyl groups is 3. The zero-order valence-corrected chi connectivity index (χ0v) is 17.9. The Morgan fingerprint density at radius 3 is 2.62 bits per heavy atom. The van der Waals surface area contributed by atoms with Gasteiger partial charge >= 0.3 is 5.97 Å². The van der Waals surface area contributed by atoms with Gasteiger partial charge in [0.25, 0.3) is 0 Å². The van der Waals surface area contributed by atoms with Gasteiger partial charge in [0.15, 0.2) is 0 Å². The van der Waals surface area contributed by atoms with Crippen LogP contribution in [-0.4, -0.2) is 44.7 Å². The fourth-order valence-electron chi connectivity index (χ4n) is 7.28. The van der Waals surface area contributed by atoms with E-state index in [2.05, 4.69) is 20.8 Å². The lowest BCUT2D eigenvalue weighted by molar-refractivity contribution is -0.137. The normalized spacial score (nSPS) is 45.2. The second-order valence-corrected chi connectivity index (χ2v) is 10.5. The molecular formula is C24H36O5. The number of hydrogen-bond donors (Lipinski definition) is 4. The van der Waals surface area contributed by atoms with Crippen molar-refractivity contribution in [2.24, 2.45) is 28.6 Å². The molecule has 4 aliphatic carbocycles. The highest BCUT2D eigenvalue weighted by atomic mass is 16.4. The van der Waals surface area contributed by atoms with E-state index in [1.165, 1.54) is 5.57 Å². The fourth-order valence-corrected chi connectivity index (χ4v) is 7.28. The number of carboxylic acid groups (broad SMARTS) is 1. The van der Waals surface area contributed by atoms with Crippen molar-refractivity contribution in [3.63, 3.8) is 0 Å². The lowest BCUT2D eigenvalue weighted by Gasteiger charge is -2.54. The van der Waals surface area contributed by atoms with Crippen LogP contribution in [0.1, 0.15) is 72.1 Å². The molecule has 0 saturated heterocycles. The van der Waals surface area contributed by atoms with Crippen molar-refractivity contribution in [3.8, 4) is 0 Å². The van der Waals surface area contributed by atoms with Gasteiger partial charge in [-0.25, -0.2) is 0 Å². The van der Waals surface area contributed by atoms with Crippen molar-refractivity contribution in [2.75, 3.05) is 0 Å². The fraction of sp³-hybridized carbons (Fsp3) is 0.792. The van der Waals surface area contributed by atoms with Gasteiger partial charge in [0.2, 0.25) is 0 Å². The van der Waals surface area contributed by atoms with Crippen molar-refractivity contribution in [1.82, 2.24) is 0 Å². The molecule has 5 heteroatoms. The van der Waals surface area contributed by atoms with Crippen LogP contribution in [0.5, 0.6) is 0 Å². The molecule has 5 nitrogen and oxygen atoms in total. The molecule has 4 aliphatic rings. The largest absolute Gasteiger partial charge is 0.481 e. The smallest absolute Gasteiger partial charge is 0.303 e. The topological polar surface area (TPSA) is 98.0 Å². The minimum atomic E-state index is -0.772. The van der Waals surface area contributed by atoms with Gasteiger partial charge in [-0.05, 0) is 79.3 Å². The first kappa shape index (κ1) is 21.1. The van der Waals surface area contributed by atoms with E-state index in [4.69, 9.17) is 5.11 Å². The predicted octanol–water partition coefficient (Wildman–Crippen LogP) is 3.43. The van der Waals surface area contributed by atoms with Crippen molar-refractivity contribution < 1.29 is 25.2 Å². The molecule has 3 fully saturated rings. The standard InChI is InChI=1S/C24H36O5/c1-13(4-7-21(28)29)16-5-6-17-22-18(12-20(27)24(16,17)3)23(2)9-8-15(25)10-14(23)11-19(22)26/h12-16,19-20,25-27H,4-11H2,1-3H3,(H,28,29)/t13-,14+,15-,16-,19-,20+,23+,24-/m1/s1. The third-order valence-electron chi connectivity index (χ3n) is 9.09. The minimum absolute atomic E-state index is 0.101. The zero-order chi connectivity index (χ0) is 21.1. The molecule has 0 aromatic rings. The van der Waals surface area contributed by atoms with Gasteiger partial charge in [0.05, 0.1) is 18.3 Å². The van der Waals surface area contributed by atoms with Crippen molar-refractivity contribution in [2.45, 2.75) is 90.4 Å². The molecule has 29 heavy (non-hydrogen) atoms. The number of hydrogen-bond acceptors (Lipinski definition) is 4. The molecule has 8 atom stereocenters. The second kappa shape index (κ2) is 7.21. The highest BCUT2D eigenvalue weighted by molar-refractivity contribution is 5.66. The lowest BCUT2D eigenvalue weighted by atomic mass is 9.51. The number of aliphatic hydroxyl groups excluding tert-OH is 3. The van der Waals surface area contributed by atoms with E-state index in [9.17, 15) is 20.1 Å². The zero-order valence-electron chi connectivity index (χ0n) is 17.9. The highest BCUT2D eigenvalue weighted by Gasteiger charge is 2.57. The van der Waals surface area contributed by atoms with Crippen LogP contribution in [0.4, 0.5) is 0 Å². The van der Waals surface area contributed by atoms with E-state index >= 15 is 0 Å². The number of carboxylic acids is 1. The number of carbonyl (C=O) groups is 1. The van der Waals surface area contributed by atoms with Crippen molar-refractivity contribution >= 4 is 5.97 Å². The maximum Gasteiger partial charge on any atom is 0.303 e. The SMILES string of the molecule is C[C@H](CCC(=O)O)[C@H]1CCC2=C3C(=C[C@H](O)[C@@]21C)[C@@]1(C)CC[C@@H](O)C[C@H]1C[C@H]3O. The molecule has 4 N–H and O–H groups in total. The molecule has 0 amide bonds. The first-order chi connectivity index (χ1) is 13.6. The van der Waals surface area contributed by atoms with Crippen LogP contribution in [0.15, 0.2) is 22.8 Å². The average molecular weight is 405 g/mol. The monoisotopic (exact) mass is 404 g/mol. The van der Waals surface area contributed by atoms with Crippen LogP contribution in [0, 0.1) is 28.6 Å². The summed E-state index contributed by atoms with van der Waals surface area (Å²) in [5, 5.41) is 41.8. The lowest BCUT2D eigenvalue weighted by Crippen LogP contribution is -2.50. The maximum absolute atomic E-state index is 11.4. The summed E-state index contributed by atoms with van der Waals surface area (Å²) in [6.45, 7) is 6.47. The average Bonchev–Trinajstić information content (AvgIpc) is 3.01. The molecule has 0 spiro atoms. The van der Waals surface area contributed by atoms with Gasteiger partial charge in [0.1, 0.15) is 0 Å². The summed E-state index contributed by atoms with van der Waals surface area (Å²) in [6, 6.07) is 0. The maximum atomic E-state index is 11.4. The van der Waals surface area contributed by atoms with Gasteiger partial charge in [0, 0.05) is 11.8 Å². The van der Waals surface area contributed by atoms with Gasteiger partial charge in [-0.15, -0.1) is 0 Å². The predicted molar refractivity (Wildman–Crippen MR) is 110 cm³/mol. The van der Waals surface area contributed by atoms with E-state index in [1.807, 2.05) is 6.08 Å². The Bertz CT molecular complexity index is 754. The Morgan fingerprint density at radius 2 is 1.93 bits per heavy atom. The molecule has 0 radical (unpaired) electrons. The van der Waals surface area contributed by atoms with Gasteiger partial charge < -0.3 is 20.4 Å². The van der Waals surface area contributed by atoms with Crippen LogP contribution < -0.4 is 0 Å². The summed E-state index contributed by atoms with van der Waals surface area (Å²) in [5.41, 5.74) is 2.84. The number of rotatable bonds is 4. The van der Waals surface area contributed by atoms with Crippen LogP contribution in [0.25, 0.3) is 0 Å². The Kier molecular flexibility index (Phi) is 5.24. The molecule has 0 heterocycles. The minimum Gasteiger partial charge on any atom is -0.481 e. The van der Waals surface area contributed by atoms with Crippen molar-refractivity contribution in [1.29, 1.82) is 0 Å².